The summed E-state index contributed by atoms with van der Waals surface area (Å²) in [6, 6.07) is 1.31. The Morgan fingerprint density at radius 1 is 1.56 bits per heavy atom. The van der Waals surface area contributed by atoms with Crippen molar-refractivity contribution in [2.75, 3.05) is 12.9 Å². The van der Waals surface area contributed by atoms with Crippen LogP contribution in [0.25, 0.3) is 0 Å². The number of nitrogens with one attached hydrogen (secondary N) is 1. The summed E-state index contributed by atoms with van der Waals surface area (Å²) in [6.07, 6.45) is 2.05. The van der Waals surface area contributed by atoms with Gasteiger partial charge in [0.1, 0.15) is 0 Å². The summed E-state index contributed by atoms with van der Waals surface area (Å²) in [5.41, 5.74) is 1.37. The SMILES string of the molecule is COC(=O)Cc1cc(=O)[nH]c(SCC=C(C)C)n1. The van der Waals surface area contributed by atoms with Crippen LogP contribution in [0.1, 0.15) is 19.5 Å². The molecule has 18 heavy (non-hydrogen) atoms. The first kappa shape index (κ1) is 14.5. The van der Waals surface area contributed by atoms with E-state index in [-0.39, 0.29) is 12.0 Å². The Kier molecular flexibility index (Phi) is 5.64. The highest BCUT2D eigenvalue weighted by Crippen LogP contribution is 2.12. The molecule has 98 valence electrons. The van der Waals surface area contributed by atoms with Crippen LogP contribution >= 0.6 is 11.8 Å². The maximum absolute atomic E-state index is 11.4. The van der Waals surface area contributed by atoms with Crippen molar-refractivity contribution >= 4 is 17.7 Å². The molecule has 0 saturated heterocycles. The number of aromatic amines is 1. The minimum Gasteiger partial charge on any atom is -0.469 e. The van der Waals surface area contributed by atoms with E-state index in [4.69, 9.17) is 0 Å². The predicted octanol–water partition coefficient (Wildman–Crippen LogP) is 1.54. The third-order valence-corrected chi connectivity index (χ3v) is 2.84. The van der Waals surface area contributed by atoms with Gasteiger partial charge in [-0.05, 0) is 13.8 Å². The van der Waals surface area contributed by atoms with E-state index < -0.39 is 5.97 Å². The third-order valence-electron chi connectivity index (χ3n) is 2.04. The molecule has 0 aliphatic rings. The number of carbonyl (C=O) groups excluding carboxylic acids is 1. The zero-order valence-electron chi connectivity index (χ0n) is 10.6. The number of thioether (sulfide) groups is 1. The summed E-state index contributed by atoms with van der Waals surface area (Å²) in [6.45, 7) is 4.01. The molecule has 6 heteroatoms. The highest BCUT2D eigenvalue weighted by atomic mass is 32.2. The second-order valence-electron chi connectivity index (χ2n) is 3.89. The molecule has 1 heterocycles. The maximum atomic E-state index is 11.4. The summed E-state index contributed by atoms with van der Waals surface area (Å²) >= 11 is 1.42. The van der Waals surface area contributed by atoms with Crippen molar-refractivity contribution in [2.45, 2.75) is 25.4 Å². The lowest BCUT2D eigenvalue weighted by Gasteiger charge is -2.02. The van der Waals surface area contributed by atoms with Gasteiger partial charge in [-0.1, -0.05) is 23.4 Å². The summed E-state index contributed by atoms with van der Waals surface area (Å²) in [5, 5.41) is 0.513. The van der Waals surface area contributed by atoms with Crippen LogP contribution in [0.3, 0.4) is 0 Å². The van der Waals surface area contributed by atoms with Gasteiger partial charge in [-0.15, -0.1) is 0 Å². The number of methoxy groups -OCH3 is 1. The molecule has 1 rings (SSSR count). The lowest BCUT2D eigenvalue weighted by atomic mass is 10.3. The molecule has 5 nitrogen and oxygen atoms in total. The van der Waals surface area contributed by atoms with Crippen LogP contribution in [0.5, 0.6) is 0 Å². The summed E-state index contributed by atoms with van der Waals surface area (Å²) < 4.78 is 4.54. The van der Waals surface area contributed by atoms with E-state index in [0.29, 0.717) is 10.9 Å². The highest BCUT2D eigenvalue weighted by Gasteiger charge is 2.07. The van der Waals surface area contributed by atoms with Crippen molar-refractivity contribution < 1.29 is 9.53 Å². The molecule has 0 unspecified atom stereocenters. The topological polar surface area (TPSA) is 72.1 Å². The van der Waals surface area contributed by atoms with E-state index in [2.05, 4.69) is 14.7 Å². The number of hydrogen-bond donors (Lipinski definition) is 1. The Morgan fingerprint density at radius 2 is 2.28 bits per heavy atom. The average molecular weight is 268 g/mol. The normalized spacial score (nSPS) is 9.94. The van der Waals surface area contributed by atoms with E-state index in [1.807, 2.05) is 19.9 Å². The van der Waals surface area contributed by atoms with Gasteiger partial charge in [-0.3, -0.25) is 9.59 Å². The number of carbonyl (C=O) groups is 1. The molecule has 0 bridgehead atoms. The van der Waals surface area contributed by atoms with E-state index in [1.165, 1.54) is 30.5 Å². The number of allylic oxidation sites excluding steroid dienone is 1. The molecule has 0 aliphatic heterocycles. The van der Waals surface area contributed by atoms with Gasteiger partial charge in [0.15, 0.2) is 5.16 Å². The Balaban J connectivity index is 2.77. The summed E-state index contributed by atoms with van der Waals surface area (Å²) in [7, 11) is 1.31. The van der Waals surface area contributed by atoms with Gasteiger partial charge >= 0.3 is 5.97 Å². The summed E-state index contributed by atoms with van der Waals surface area (Å²) in [5.74, 6) is 0.320. The molecular weight excluding hydrogens is 252 g/mol. The second-order valence-corrected chi connectivity index (χ2v) is 4.90. The molecule has 0 aromatic carbocycles. The maximum Gasteiger partial charge on any atom is 0.311 e. The van der Waals surface area contributed by atoms with Crippen LogP contribution in [0.15, 0.2) is 27.7 Å². The van der Waals surface area contributed by atoms with Gasteiger partial charge < -0.3 is 9.72 Å². The number of rotatable bonds is 5. The van der Waals surface area contributed by atoms with Gasteiger partial charge in [-0.25, -0.2) is 4.98 Å². The number of esters is 1. The first-order valence-electron chi connectivity index (χ1n) is 5.44. The first-order chi connectivity index (χ1) is 8.51. The zero-order valence-corrected chi connectivity index (χ0v) is 11.5. The van der Waals surface area contributed by atoms with E-state index in [1.54, 1.807) is 0 Å². The molecule has 0 fully saturated rings. The molecule has 0 amide bonds. The quantitative estimate of drug-likeness (QED) is 0.379. The Bertz CT molecular complexity index is 504. The van der Waals surface area contributed by atoms with Gasteiger partial charge in [0.2, 0.25) is 0 Å². The van der Waals surface area contributed by atoms with E-state index in [0.717, 1.165) is 5.75 Å². The Morgan fingerprint density at radius 3 is 2.89 bits per heavy atom. The lowest BCUT2D eigenvalue weighted by molar-refractivity contribution is -0.139. The number of H-pyrrole nitrogens is 1. The van der Waals surface area contributed by atoms with Crippen LogP contribution in [-0.4, -0.2) is 28.8 Å². The van der Waals surface area contributed by atoms with Crippen molar-refractivity contribution in [2.24, 2.45) is 0 Å². The van der Waals surface area contributed by atoms with Crippen molar-refractivity contribution in [3.05, 3.63) is 33.8 Å². The Hall–Kier alpha value is -1.56. The molecule has 1 aromatic heterocycles. The largest absolute Gasteiger partial charge is 0.469 e. The van der Waals surface area contributed by atoms with Gasteiger partial charge in [0, 0.05) is 11.8 Å². The van der Waals surface area contributed by atoms with Crippen LogP contribution < -0.4 is 5.56 Å². The first-order valence-corrected chi connectivity index (χ1v) is 6.43. The van der Waals surface area contributed by atoms with Crippen LogP contribution in [0.4, 0.5) is 0 Å². The van der Waals surface area contributed by atoms with Crippen molar-refractivity contribution in [1.29, 1.82) is 0 Å². The molecule has 0 atom stereocenters. The number of aromatic nitrogens is 2. The minimum absolute atomic E-state index is 0.0105. The van der Waals surface area contributed by atoms with Gasteiger partial charge in [0.25, 0.3) is 5.56 Å². The Labute approximate surface area is 110 Å². The van der Waals surface area contributed by atoms with E-state index >= 15 is 0 Å². The van der Waals surface area contributed by atoms with Crippen LogP contribution in [0, 0.1) is 0 Å². The fourth-order valence-electron chi connectivity index (χ4n) is 1.15. The number of hydrogen-bond acceptors (Lipinski definition) is 5. The highest BCUT2D eigenvalue weighted by molar-refractivity contribution is 7.99. The number of ether oxygens (including phenoxy) is 1. The standard InChI is InChI=1S/C12H16N2O3S/c1-8(2)4-5-18-12-13-9(6-10(15)14-12)7-11(16)17-3/h4,6H,5,7H2,1-3H3,(H,13,14,15). The molecule has 0 spiro atoms. The second kappa shape index (κ2) is 7.00. The number of nitrogens with zero attached hydrogens (tertiary/aromatic N) is 1. The summed E-state index contributed by atoms with van der Waals surface area (Å²) in [4.78, 5) is 29.3. The third kappa shape index (κ3) is 5.18. The molecule has 0 radical (unpaired) electrons. The van der Waals surface area contributed by atoms with Gasteiger partial charge in [0.05, 0.1) is 19.2 Å². The van der Waals surface area contributed by atoms with E-state index in [9.17, 15) is 9.59 Å². The zero-order chi connectivity index (χ0) is 13.5. The van der Waals surface area contributed by atoms with Crippen LogP contribution in [0.2, 0.25) is 0 Å². The molecule has 0 aliphatic carbocycles. The van der Waals surface area contributed by atoms with Gasteiger partial charge in [-0.2, -0.15) is 0 Å². The smallest absolute Gasteiger partial charge is 0.311 e. The average Bonchev–Trinajstić information content (AvgIpc) is 2.27. The van der Waals surface area contributed by atoms with Crippen molar-refractivity contribution in [1.82, 2.24) is 9.97 Å². The molecule has 1 N–H and O–H groups in total. The molecule has 1 aromatic rings. The molecular formula is C12H16N2O3S. The van der Waals surface area contributed by atoms with Crippen molar-refractivity contribution in [3.63, 3.8) is 0 Å². The fourth-order valence-corrected chi connectivity index (χ4v) is 2.08. The molecule has 0 saturated carbocycles. The fraction of sp³-hybridized carbons (Fsp3) is 0.417. The van der Waals surface area contributed by atoms with Crippen LogP contribution in [-0.2, 0) is 16.0 Å². The lowest BCUT2D eigenvalue weighted by Crippen LogP contribution is -2.13. The monoisotopic (exact) mass is 268 g/mol. The van der Waals surface area contributed by atoms with Crippen molar-refractivity contribution in [3.8, 4) is 0 Å². The minimum atomic E-state index is -0.409. The predicted molar refractivity (Wildman–Crippen MR) is 70.7 cm³/mol.